The van der Waals surface area contributed by atoms with Crippen molar-refractivity contribution >= 4 is 11.8 Å². The normalized spacial score (nSPS) is 15.2. The Morgan fingerprint density at radius 1 is 1.32 bits per heavy atom. The van der Waals surface area contributed by atoms with E-state index in [1.165, 1.54) is 0 Å². The first kappa shape index (κ1) is 13.2. The van der Waals surface area contributed by atoms with Crippen LogP contribution in [0, 0.1) is 11.3 Å². The fourth-order valence-corrected chi connectivity index (χ4v) is 3.52. The van der Waals surface area contributed by atoms with Crippen LogP contribution in [0.2, 0.25) is 0 Å². The number of rotatable bonds is 1. The molecule has 3 heterocycles. The van der Waals surface area contributed by atoms with Crippen LogP contribution < -0.4 is 15.0 Å². The van der Waals surface area contributed by atoms with Crippen LogP contribution in [0.1, 0.15) is 12.0 Å². The van der Waals surface area contributed by atoms with Crippen LogP contribution >= 0.6 is 11.8 Å². The average Bonchev–Trinajstić information content (AvgIpc) is 3.02. The van der Waals surface area contributed by atoms with E-state index < -0.39 is 0 Å². The second-order valence-corrected chi connectivity index (χ2v) is 6.02. The van der Waals surface area contributed by atoms with Gasteiger partial charge < -0.3 is 9.47 Å². The summed E-state index contributed by atoms with van der Waals surface area (Å²) in [5.41, 5.74) is 0.899. The Hall–Kier alpha value is -2.46. The second-order valence-electron chi connectivity index (χ2n) is 4.96. The van der Waals surface area contributed by atoms with Gasteiger partial charge >= 0.3 is 0 Å². The van der Waals surface area contributed by atoms with Crippen molar-refractivity contribution in [1.82, 2.24) is 9.55 Å². The van der Waals surface area contributed by atoms with Gasteiger partial charge in [-0.2, -0.15) is 5.26 Å². The summed E-state index contributed by atoms with van der Waals surface area (Å²) in [6.45, 7) is 0.796. The van der Waals surface area contributed by atoms with E-state index in [1.807, 2.05) is 6.07 Å². The van der Waals surface area contributed by atoms with Crippen LogP contribution in [0.5, 0.6) is 11.5 Å². The zero-order valence-electron chi connectivity index (χ0n) is 11.5. The van der Waals surface area contributed by atoms with E-state index in [2.05, 4.69) is 4.98 Å². The highest BCUT2D eigenvalue weighted by Gasteiger charge is 2.22. The molecule has 110 valence electrons. The molecule has 0 unspecified atom stereocenters. The summed E-state index contributed by atoms with van der Waals surface area (Å²) in [7, 11) is 0. The van der Waals surface area contributed by atoms with Crippen molar-refractivity contribution in [2.24, 2.45) is 0 Å². The predicted molar refractivity (Wildman–Crippen MR) is 80.1 cm³/mol. The summed E-state index contributed by atoms with van der Waals surface area (Å²) in [6, 6.07) is 7.32. The van der Waals surface area contributed by atoms with Crippen LogP contribution in [-0.4, -0.2) is 22.1 Å². The van der Waals surface area contributed by atoms with Crippen molar-refractivity contribution in [2.75, 3.05) is 12.5 Å². The van der Waals surface area contributed by atoms with Crippen LogP contribution in [0.25, 0.3) is 11.3 Å². The van der Waals surface area contributed by atoms with Crippen LogP contribution in [-0.2, 0) is 6.54 Å². The molecule has 4 rings (SSSR count). The number of hydrogen-bond donors (Lipinski definition) is 0. The largest absolute Gasteiger partial charge is 0.454 e. The van der Waals surface area contributed by atoms with Gasteiger partial charge in [0.2, 0.25) is 6.79 Å². The minimum absolute atomic E-state index is 0.0742. The first-order chi connectivity index (χ1) is 10.8. The van der Waals surface area contributed by atoms with Gasteiger partial charge in [-0.15, -0.1) is 0 Å². The van der Waals surface area contributed by atoms with E-state index >= 15 is 0 Å². The lowest BCUT2D eigenvalue weighted by atomic mass is 10.1. The number of nitrogens with zero attached hydrogens (tertiary/aromatic N) is 3. The molecule has 0 bridgehead atoms. The van der Waals surface area contributed by atoms with Gasteiger partial charge in [0.05, 0.1) is 5.69 Å². The highest BCUT2D eigenvalue weighted by molar-refractivity contribution is 7.99. The topological polar surface area (TPSA) is 77.1 Å². The number of ether oxygens (including phenoxy) is 2. The van der Waals surface area contributed by atoms with E-state index in [0.717, 1.165) is 12.2 Å². The van der Waals surface area contributed by atoms with Gasteiger partial charge in [-0.1, -0.05) is 11.8 Å². The zero-order valence-corrected chi connectivity index (χ0v) is 12.4. The van der Waals surface area contributed by atoms with E-state index in [0.29, 0.717) is 34.5 Å². The van der Waals surface area contributed by atoms with Gasteiger partial charge in [0.15, 0.2) is 16.7 Å². The lowest BCUT2D eigenvalue weighted by Gasteiger charge is -2.18. The first-order valence-corrected chi connectivity index (χ1v) is 7.84. The Kier molecular flexibility index (Phi) is 3.05. The Morgan fingerprint density at radius 2 is 2.18 bits per heavy atom. The van der Waals surface area contributed by atoms with Crippen LogP contribution in [0.4, 0.5) is 0 Å². The molecule has 2 aromatic rings. The summed E-state index contributed by atoms with van der Waals surface area (Å²) < 4.78 is 12.2. The molecule has 0 atom stereocenters. The van der Waals surface area contributed by atoms with E-state index in [-0.39, 0.29) is 17.9 Å². The predicted octanol–water partition coefficient (Wildman–Crippen LogP) is 2.01. The standard InChI is InChI=1S/C15H11N3O3S/c16-7-10-13(9-2-3-11-12(6-9)21-8-20-11)17-15-18(14(10)19)4-1-5-22-15/h2-3,6H,1,4-5,8H2. The van der Waals surface area contributed by atoms with Crippen molar-refractivity contribution in [3.8, 4) is 28.8 Å². The molecule has 0 aliphatic carbocycles. The van der Waals surface area contributed by atoms with Crippen LogP contribution in [0.3, 0.4) is 0 Å². The van der Waals surface area contributed by atoms with Crippen molar-refractivity contribution in [1.29, 1.82) is 5.26 Å². The summed E-state index contributed by atoms with van der Waals surface area (Å²) in [4.78, 5) is 17.1. The van der Waals surface area contributed by atoms with Crippen molar-refractivity contribution in [3.05, 3.63) is 34.1 Å². The van der Waals surface area contributed by atoms with Gasteiger partial charge in [-0.25, -0.2) is 4.98 Å². The summed E-state index contributed by atoms with van der Waals surface area (Å²) >= 11 is 1.54. The number of benzene rings is 1. The zero-order chi connectivity index (χ0) is 15.1. The number of nitriles is 1. The summed E-state index contributed by atoms with van der Waals surface area (Å²) in [5.74, 6) is 2.19. The third kappa shape index (κ3) is 1.96. The highest BCUT2D eigenvalue weighted by atomic mass is 32.2. The van der Waals surface area contributed by atoms with Crippen molar-refractivity contribution < 1.29 is 9.47 Å². The van der Waals surface area contributed by atoms with Gasteiger partial charge in [0.25, 0.3) is 5.56 Å². The molecular formula is C15H11N3O3S. The fourth-order valence-electron chi connectivity index (χ4n) is 2.58. The minimum atomic E-state index is -0.271. The molecule has 2 aliphatic rings. The summed E-state index contributed by atoms with van der Waals surface area (Å²) in [5, 5.41) is 10.1. The Balaban J connectivity index is 1.93. The van der Waals surface area contributed by atoms with Crippen LogP contribution in [0.15, 0.2) is 28.2 Å². The minimum Gasteiger partial charge on any atom is -0.454 e. The van der Waals surface area contributed by atoms with Gasteiger partial charge in [-0.05, 0) is 24.6 Å². The molecule has 22 heavy (non-hydrogen) atoms. The lowest BCUT2D eigenvalue weighted by molar-refractivity contribution is 0.174. The molecule has 0 spiro atoms. The first-order valence-electron chi connectivity index (χ1n) is 6.85. The second kappa shape index (κ2) is 5.07. The maximum absolute atomic E-state index is 12.5. The molecule has 0 radical (unpaired) electrons. The lowest BCUT2D eigenvalue weighted by Crippen LogP contribution is -2.28. The number of aromatic nitrogens is 2. The molecule has 0 saturated heterocycles. The van der Waals surface area contributed by atoms with Gasteiger partial charge in [0.1, 0.15) is 11.6 Å². The van der Waals surface area contributed by atoms with Crippen molar-refractivity contribution in [2.45, 2.75) is 18.1 Å². The third-order valence-corrected chi connectivity index (χ3v) is 4.71. The average molecular weight is 313 g/mol. The molecule has 6 nitrogen and oxygen atoms in total. The molecular weight excluding hydrogens is 302 g/mol. The van der Waals surface area contributed by atoms with Gasteiger partial charge in [-0.3, -0.25) is 9.36 Å². The molecule has 1 aromatic heterocycles. The van der Waals surface area contributed by atoms with E-state index in [9.17, 15) is 10.1 Å². The summed E-state index contributed by atoms with van der Waals surface area (Å²) in [6.07, 6.45) is 0.910. The number of thioether (sulfide) groups is 1. The highest BCUT2D eigenvalue weighted by Crippen LogP contribution is 2.36. The molecule has 0 amide bonds. The molecule has 7 heteroatoms. The smallest absolute Gasteiger partial charge is 0.272 e. The molecule has 0 N–H and O–H groups in total. The van der Waals surface area contributed by atoms with Crippen molar-refractivity contribution in [3.63, 3.8) is 0 Å². The van der Waals surface area contributed by atoms with E-state index in [4.69, 9.17) is 9.47 Å². The monoisotopic (exact) mass is 313 g/mol. The number of hydrogen-bond acceptors (Lipinski definition) is 6. The Bertz CT molecular complexity index is 870. The van der Waals surface area contributed by atoms with Gasteiger partial charge in [0, 0.05) is 17.9 Å². The maximum atomic E-state index is 12.5. The third-order valence-electron chi connectivity index (χ3n) is 3.65. The fraction of sp³-hybridized carbons (Fsp3) is 0.267. The Labute approximate surface area is 130 Å². The molecule has 0 saturated carbocycles. The quantitative estimate of drug-likeness (QED) is 0.750. The molecule has 2 aliphatic heterocycles. The maximum Gasteiger partial charge on any atom is 0.272 e. The Morgan fingerprint density at radius 3 is 3.05 bits per heavy atom. The van der Waals surface area contributed by atoms with E-state index in [1.54, 1.807) is 34.5 Å². The molecule has 0 fully saturated rings. The number of fused-ring (bicyclic) bond motifs is 2. The SMILES string of the molecule is N#Cc1c(-c2ccc3c(c2)OCO3)nc2n(c1=O)CCCS2. The molecule has 1 aromatic carbocycles.